The molecule has 2 N–H and O–H groups in total. The van der Waals surface area contributed by atoms with E-state index >= 15 is 0 Å². The molecule has 0 amide bonds. The Balaban J connectivity index is 2.12. The van der Waals surface area contributed by atoms with Gasteiger partial charge in [0.1, 0.15) is 34.9 Å². The van der Waals surface area contributed by atoms with E-state index in [1.807, 2.05) is 42.2 Å². The molecule has 2 heterocycles. The number of nitrogens with zero attached hydrogens (tertiary/aromatic N) is 5. The number of aryl methyl sites for hydroxylation is 1. The van der Waals surface area contributed by atoms with Crippen molar-refractivity contribution in [1.82, 2.24) is 4.98 Å². The van der Waals surface area contributed by atoms with E-state index in [4.69, 9.17) is 10.5 Å². The third-order valence-electron chi connectivity index (χ3n) is 4.84. The minimum Gasteiger partial charge on any atom is -0.383 e. The number of pyridine rings is 1. The van der Waals surface area contributed by atoms with Crippen molar-refractivity contribution in [2.75, 3.05) is 36.9 Å². The minimum atomic E-state index is -0.683. The predicted octanol–water partition coefficient (Wildman–Crippen LogP) is 2.40. The molecule has 0 aliphatic carbocycles. The van der Waals surface area contributed by atoms with E-state index in [0.717, 1.165) is 11.1 Å². The van der Waals surface area contributed by atoms with Crippen molar-refractivity contribution in [3.63, 3.8) is 0 Å². The Morgan fingerprint density at radius 2 is 1.75 bits per heavy atom. The van der Waals surface area contributed by atoms with Gasteiger partial charge in [-0.2, -0.15) is 15.8 Å². The van der Waals surface area contributed by atoms with Crippen molar-refractivity contribution in [3.05, 3.63) is 52.1 Å². The third kappa shape index (κ3) is 3.74. The van der Waals surface area contributed by atoms with Gasteiger partial charge in [0.2, 0.25) is 0 Å². The lowest BCUT2D eigenvalue weighted by Gasteiger charge is -2.30. The molecule has 1 aliphatic heterocycles. The number of hydrogen-bond acceptors (Lipinski definition) is 7. The fourth-order valence-electron chi connectivity index (χ4n) is 3.36. The fraction of sp³-hybridized carbons (Fsp3) is 0.333. The van der Waals surface area contributed by atoms with Gasteiger partial charge in [-0.15, -0.1) is 0 Å². The van der Waals surface area contributed by atoms with E-state index in [9.17, 15) is 15.8 Å². The van der Waals surface area contributed by atoms with Gasteiger partial charge in [-0.05, 0) is 18.9 Å². The van der Waals surface area contributed by atoms with Crippen LogP contribution in [0, 0.1) is 40.9 Å². The van der Waals surface area contributed by atoms with E-state index in [1.54, 1.807) is 0 Å². The molecular formula is C21H20N6O. The average Bonchev–Trinajstić information content (AvgIpc) is 2.73. The van der Waals surface area contributed by atoms with Crippen LogP contribution < -0.4 is 10.6 Å². The molecule has 0 radical (unpaired) electrons. The molecule has 1 fully saturated rings. The Bertz CT molecular complexity index is 988. The zero-order valence-electron chi connectivity index (χ0n) is 15.6. The first-order chi connectivity index (χ1) is 13.6. The van der Waals surface area contributed by atoms with Crippen LogP contribution in [-0.2, 0) is 11.2 Å². The number of rotatable bonds is 4. The highest BCUT2D eigenvalue weighted by Crippen LogP contribution is 2.34. The molecule has 0 bridgehead atoms. The Hall–Kier alpha value is -3.60. The van der Waals surface area contributed by atoms with Crippen molar-refractivity contribution in [2.24, 2.45) is 0 Å². The normalized spacial score (nSPS) is 14.6. The summed E-state index contributed by atoms with van der Waals surface area (Å²) in [7, 11) is 0. The highest BCUT2D eigenvalue weighted by Gasteiger charge is 2.28. The maximum Gasteiger partial charge on any atom is 0.149 e. The highest BCUT2D eigenvalue weighted by atomic mass is 16.5. The summed E-state index contributed by atoms with van der Waals surface area (Å²) in [5.74, 6) is -0.222. The Labute approximate surface area is 164 Å². The standard InChI is InChI=1S/C21H20N6O/c1-14-2-4-15(5-3-14)10-16(11-22)19-17(12-23)20(25)26-21(18(19)13-24)27-6-8-28-9-7-27/h2-5,16H,6-10H2,1H3,(H2,25,26)/t16-/m0/s1. The van der Waals surface area contributed by atoms with Crippen LogP contribution in [0.4, 0.5) is 11.6 Å². The van der Waals surface area contributed by atoms with E-state index in [1.165, 1.54) is 0 Å². The Morgan fingerprint density at radius 3 is 2.32 bits per heavy atom. The Kier molecular flexibility index (Phi) is 5.75. The van der Waals surface area contributed by atoms with Crippen LogP contribution in [-0.4, -0.2) is 31.3 Å². The number of hydrogen-bond donors (Lipinski definition) is 1. The van der Waals surface area contributed by atoms with Gasteiger partial charge in [0.15, 0.2) is 0 Å². The second-order valence-electron chi connectivity index (χ2n) is 6.68. The largest absolute Gasteiger partial charge is 0.383 e. The molecule has 0 unspecified atom stereocenters. The van der Waals surface area contributed by atoms with E-state index < -0.39 is 5.92 Å². The molecule has 1 atom stereocenters. The van der Waals surface area contributed by atoms with Gasteiger partial charge in [-0.25, -0.2) is 4.98 Å². The zero-order chi connectivity index (χ0) is 20.1. The van der Waals surface area contributed by atoms with Crippen LogP contribution in [0.25, 0.3) is 0 Å². The minimum absolute atomic E-state index is 0.0437. The quantitative estimate of drug-likeness (QED) is 0.874. The molecule has 0 saturated carbocycles. The molecule has 7 heteroatoms. The van der Waals surface area contributed by atoms with Crippen molar-refractivity contribution in [1.29, 1.82) is 15.8 Å². The lowest BCUT2D eigenvalue weighted by molar-refractivity contribution is 0.122. The van der Waals surface area contributed by atoms with Crippen molar-refractivity contribution in [2.45, 2.75) is 19.3 Å². The summed E-state index contributed by atoms with van der Waals surface area (Å²) < 4.78 is 5.37. The number of nitrogen functional groups attached to an aromatic ring is 1. The van der Waals surface area contributed by atoms with Gasteiger partial charge in [-0.1, -0.05) is 29.8 Å². The number of nitrogens with two attached hydrogens (primary N) is 1. The molecule has 3 rings (SSSR count). The van der Waals surface area contributed by atoms with Crippen molar-refractivity contribution >= 4 is 11.6 Å². The topological polar surface area (TPSA) is 123 Å². The predicted molar refractivity (Wildman–Crippen MR) is 104 cm³/mol. The lowest BCUT2D eigenvalue weighted by atomic mass is 9.87. The lowest BCUT2D eigenvalue weighted by Crippen LogP contribution is -2.37. The molecule has 28 heavy (non-hydrogen) atoms. The maximum absolute atomic E-state index is 9.88. The summed E-state index contributed by atoms with van der Waals surface area (Å²) >= 11 is 0. The van der Waals surface area contributed by atoms with Gasteiger partial charge in [0.05, 0.1) is 25.2 Å². The number of aromatic nitrogens is 1. The highest BCUT2D eigenvalue weighted by molar-refractivity contribution is 5.70. The van der Waals surface area contributed by atoms with Gasteiger partial charge < -0.3 is 15.4 Å². The van der Waals surface area contributed by atoms with Crippen LogP contribution in [0.3, 0.4) is 0 Å². The Morgan fingerprint density at radius 1 is 1.11 bits per heavy atom. The summed E-state index contributed by atoms with van der Waals surface area (Å²) in [4.78, 5) is 6.25. The summed E-state index contributed by atoms with van der Waals surface area (Å²) in [5, 5.41) is 29.4. The van der Waals surface area contributed by atoms with Crippen LogP contribution in [0.15, 0.2) is 24.3 Å². The maximum atomic E-state index is 9.88. The van der Waals surface area contributed by atoms with E-state index in [2.05, 4.69) is 17.1 Å². The molecular weight excluding hydrogens is 352 g/mol. The van der Waals surface area contributed by atoms with Crippen LogP contribution >= 0.6 is 0 Å². The molecule has 1 aromatic carbocycles. The smallest absolute Gasteiger partial charge is 0.149 e. The second kappa shape index (κ2) is 8.39. The van der Waals surface area contributed by atoms with Gasteiger partial charge in [-0.3, -0.25) is 0 Å². The van der Waals surface area contributed by atoms with Crippen molar-refractivity contribution < 1.29 is 4.74 Å². The van der Waals surface area contributed by atoms with Gasteiger partial charge in [0, 0.05) is 18.7 Å². The first-order valence-corrected chi connectivity index (χ1v) is 9.00. The SMILES string of the molecule is Cc1ccc(C[C@@H](C#N)c2c(C#N)c(N)nc(N3CCOCC3)c2C#N)cc1. The molecule has 1 aromatic heterocycles. The second-order valence-corrected chi connectivity index (χ2v) is 6.68. The van der Waals surface area contributed by atoms with Crippen LogP contribution in [0.1, 0.15) is 33.7 Å². The first kappa shape index (κ1) is 19.2. The molecule has 2 aromatic rings. The summed E-state index contributed by atoms with van der Waals surface area (Å²) in [6, 6.07) is 14.3. The fourth-order valence-corrected chi connectivity index (χ4v) is 3.36. The number of morpholine rings is 1. The zero-order valence-corrected chi connectivity index (χ0v) is 15.6. The van der Waals surface area contributed by atoms with Gasteiger partial charge >= 0.3 is 0 Å². The molecule has 140 valence electrons. The molecule has 1 aliphatic rings. The summed E-state index contributed by atoms with van der Waals surface area (Å²) in [5.41, 5.74) is 8.84. The van der Waals surface area contributed by atoms with Gasteiger partial charge in [0.25, 0.3) is 0 Å². The average molecular weight is 372 g/mol. The van der Waals surface area contributed by atoms with E-state index in [0.29, 0.717) is 44.1 Å². The number of benzene rings is 1. The third-order valence-corrected chi connectivity index (χ3v) is 4.84. The van der Waals surface area contributed by atoms with E-state index in [-0.39, 0.29) is 16.9 Å². The van der Waals surface area contributed by atoms with Crippen LogP contribution in [0.5, 0.6) is 0 Å². The number of anilines is 2. The summed E-state index contributed by atoms with van der Waals surface area (Å²) in [6.45, 7) is 4.17. The number of ether oxygens (including phenoxy) is 1. The first-order valence-electron chi connectivity index (χ1n) is 9.00. The van der Waals surface area contributed by atoms with Crippen LogP contribution in [0.2, 0.25) is 0 Å². The number of nitriles is 3. The molecule has 1 saturated heterocycles. The monoisotopic (exact) mass is 372 g/mol. The summed E-state index contributed by atoms with van der Waals surface area (Å²) in [6.07, 6.45) is 0.381. The van der Waals surface area contributed by atoms with Crippen molar-refractivity contribution in [3.8, 4) is 18.2 Å². The molecule has 0 spiro atoms. The molecule has 7 nitrogen and oxygen atoms in total.